The van der Waals surface area contributed by atoms with E-state index in [0.717, 1.165) is 30.3 Å². The molecule has 1 aliphatic rings. The molecular formula is C22H19F8NO6S. The first kappa shape index (κ1) is 29.6. The second-order valence-corrected chi connectivity index (χ2v) is 10.5. The largest absolute Gasteiger partial charge is 0.486 e. The molecule has 0 aromatic heterocycles. The third-order valence-corrected chi connectivity index (χ3v) is 8.45. The Bertz CT molecular complexity index is 1270. The molecule has 0 spiro atoms. The van der Waals surface area contributed by atoms with Gasteiger partial charge in [0.1, 0.15) is 5.75 Å². The summed E-state index contributed by atoms with van der Waals surface area (Å²) in [7, 11) is -4.42. The van der Waals surface area contributed by atoms with E-state index < -0.39 is 56.7 Å². The van der Waals surface area contributed by atoms with Gasteiger partial charge in [0.15, 0.2) is 21.2 Å². The summed E-state index contributed by atoms with van der Waals surface area (Å²) in [6, 6.07) is 6.25. The fraction of sp³-hybridized carbons (Fsp3) is 0.409. The van der Waals surface area contributed by atoms with E-state index in [1.54, 1.807) is 0 Å². The van der Waals surface area contributed by atoms with Crippen molar-refractivity contribution in [1.82, 2.24) is 5.48 Å². The van der Waals surface area contributed by atoms with Crippen molar-refractivity contribution in [2.45, 2.75) is 40.8 Å². The van der Waals surface area contributed by atoms with Crippen molar-refractivity contribution in [3.8, 4) is 16.9 Å². The molecular weight excluding hydrogens is 558 g/mol. The predicted molar refractivity (Wildman–Crippen MR) is 113 cm³/mol. The van der Waals surface area contributed by atoms with Crippen LogP contribution in [0.25, 0.3) is 11.1 Å². The predicted octanol–water partition coefficient (Wildman–Crippen LogP) is 4.78. The summed E-state index contributed by atoms with van der Waals surface area (Å²) >= 11 is 0. The Morgan fingerprint density at radius 3 is 2.00 bits per heavy atom. The molecule has 0 bridgehead atoms. The maximum atomic E-state index is 13.5. The summed E-state index contributed by atoms with van der Waals surface area (Å²) < 4.78 is 138. The molecule has 0 saturated carbocycles. The van der Waals surface area contributed by atoms with Gasteiger partial charge in [-0.1, -0.05) is 18.2 Å². The second kappa shape index (κ2) is 10.3. The van der Waals surface area contributed by atoms with E-state index >= 15 is 0 Å². The highest BCUT2D eigenvalue weighted by molar-refractivity contribution is 7.93. The molecule has 0 unspecified atom stereocenters. The molecule has 2 aromatic carbocycles. The minimum Gasteiger partial charge on any atom is -0.486 e. The van der Waals surface area contributed by atoms with Gasteiger partial charge in [0.2, 0.25) is 0 Å². The van der Waals surface area contributed by atoms with Crippen molar-refractivity contribution in [2.75, 3.05) is 19.8 Å². The molecule has 1 saturated heterocycles. The number of sulfone groups is 1. The summed E-state index contributed by atoms with van der Waals surface area (Å²) in [5, 5.41) is 9.09. The lowest BCUT2D eigenvalue weighted by Gasteiger charge is -2.34. The molecule has 0 radical (unpaired) electrons. The molecule has 1 heterocycles. The lowest BCUT2D eigenvalue weighted by atomic mass is 9.98. The van der Waals surface area contributed by atoms with E-state index in [9.17, 15) is 48.3 Å². The number of hydroxylamine groups is 1. The van der Waals surface area contributed by atoms with Crippen LogP contribution in [0.5, 0.6) is 5.75 Å². The third kappa shape index (κ3) is 5.56. The summed E-state index contributed by atoms with van der Waals surface area (Å²) in [6.45, 7) is -2.55. The topological polar surface area (TPSA) is 102 Å². The maximum Gasteiger partial charge on any atom is 0.456 e. The van der Waals surface area contributed by atoms with Gasteiger partial charge < -0.3 is 9.47 Å². The molecule has 7 nitrogen and oxygen atoms in total. The van der Waals surface area contributed by atoms with Crippen LogP contribution in [0.3, 0.4) is 0 Å². The quantitative estimate of drug-likeness (QED) is 0.279. The van der Waals surface area contributed by atoms with Crippen LogP contribution in [-0.2, 0) is 25.5 Å². The number of nitrogens with one attached hydrogen (secondary N) is 1. The number of carbonyl (C=O) groups excluding carboxylic acids is 1. The summed E-state index contributed by atoms with van der Waals surface area (Å²) in [4.78, 5) is 11.9. The molecule has 0 aliphatic carbocycles. The number of rotatable bonds is 7. The van der Waals surface area contributed by atoms with Crippen LogP contribution in [0.15, 0.2) is 47.4 Å². The van der Waals surface area contributed by atoms with E-state index in [1.807, 2.05) is 0 Å². The minimum absolute atomic E-state index is 0.0225. The second-order valence-electron chi connectivity index (χ2n) is 8.27. The Morgan fingerprint density at radius 2 is 1.50 bits per heavy atom. The van der Waals surface area contributed by atoms with Crippen molar-refractivity contribution >= 4 is 15.7 Å². The highest BCUT2D eigenvalue weighted by atomic mass is 32.2. The van der Waals surface area contributed by atoms with Gasteiger partial charge >= 0.3 is 18.3 Å². The van der Waals surface area contributed by atoms with E-state index in [-0.39, 0.29) is 42.1 Å². The smallest absolute Gasteiger partial charge is 0.456 e. The zero-order valence-electron chi connectivity index (χ0n) is 19.0. The Labute approximate surface area is 210 Å². The first-order valence-corrected chi connectivity index (χ1v) is 12.1. The van der Waals surface area contributed by atoms with Gasteiger partial charge in [-0.2, -0.15) is 35.1 Å². The molecule has 1 amide bonds. The number of amides is 1. The van der Waals surface area contributed by atoms with Crippen LogP contribution in [-0.4, -0.2) is 56.2 Å². The Morgan fingerprint density at radius 1 is 0.947 bits per heavy atom. The highest BCUT2D eigenvalue weighted by Crippen LogP contribution is 2.42. The first-order chi connectivity index (χ1) is 17.5. The SMILES string of the molecule is O=C(NO)C1(S(=O)(=O)c2ccc(-c3ccc(OCC(F)(F)C(F)(F)F)c(C(F)(F)F)c3)cc2)CCOCC1. The molecule has 16 heteroatoms. The average Bonchev–Trinajstić information content (AvgIpc) is 2.86. The number of halogens is 8. The van der Waals surface area contributed by atoms with Gasteiger partial charge in [-0.15, -0.1) is 0 Å². The molecule has 210 valence electrons. The lowest BCUT2D eigenvalue weighted by Crippen LogP contribution is -2.54. The Balaban J connectivity index is 1.95. The maximum absolute atomic E-state index is 13.5. The van der Waals surface area contributed by atoms with E-state index in [0.29, 0.717) is 12.1 Å². The number of hydrogen-bond acceptors (Lipinski definition) is 6. The van der Waals surface area contributed by atoms with Crippen molar-refractivity contribution in [3.63, 3.8) is 0 Å². The van der Waals surface area contributed by atoms with Crippen LogP contribution in [0.2, 0.25) is 0 Å². The fourth-order valence-corrected chi connectivity index (χ4v) is 5.72. The summed E-state index contributed by atoms with van der Waals surface area (Å²) in [5.41, 5.74) is -0.460. The van der Waals surface area contributed by atoms with Gasteiger partial charge in [-0.25, -0.2) is 13.9 Å². The zero-order valence-corrected chi connectivity index (χ0v) is 19.8. The Kier molecular flexibility index (Phi) is 8.01. The molecule has 38 heavy (non-hydrogen) atoms. The number of ether oxygens (including phenoxy) is 2. The van der Waals surface area contributed by atoms with Crippen molar-refractivity contribution in [3.05, 3.63) is 48.0 Å². The molecule has 3 rings (SSSR count). The highest BCUT2D eigenvalue weighted by Gasteiger charge is 2.58. The van der Waals surface area contributed by atoms with Crippen LogP contribution in [0.4, 0.5) is 35.1 Å². The van der Waals surface area contributed by atoms with Crippen LogP contribution >= 0.6 is 0 Å². The summed E-state index contributed by atoms with van der Waals surface area (Å²) in [5.74, 6) is -7.84. The number of hydrogen-bond donors (Lipinski definition) is 2. The van der Waals surface area contributed by atoms with Gasteiger partial charge in [0.05, 0.1) is 10.5 Å². The average molecular weight is 577 g/mol. The molecule has 2 N–H and O–H groups in total. The Hall–Kier alpha value is -2.98. The van der Waals surface area contributed by atoms with E-state index in [2.05, 4.69) is 4.74 Å². The standard InChI is InChI=1S/C22H19F8NO6S/c23-20(24,22(28,29)30)12-37-17-6-3-14(11-16(17)21(25,26)27)13-1-4-15(5-2-13)38(34,35)19(18(32)31-33)7-9-36-10-8-19/h1-6,11,33H,7-10,12H2,(H,31,32). The zero-order chi connectivity index (χ0) is 28.6. The van der Waals surface area contributed by atoms with Gasteiger partial charge in [0.25, 0.3) is 5.91 Å². The van der Waals surface area contributed by atoms with E-state index in [1.165, 1.54) is 5.48 Å². The van der Waals surface area contributed by atoms with Gasteiger partial charge in [-0.3, -0.25) is 10.0 Å². The number of alkyl halides is 8. The number of carbonyl (C=O) groups is 1. The van der Waals surface area contributed by atoms with Crippen molar-refractivity contribution in [2.24, 2.45) is 0 Å². The van der Waals surface area contributed by atoms with Gasteiger partial charge in [-0.05, 0) is 48.2 Å². The molecule has 2 aromatic rings. The molecule has 1 fully saturated rings. The number of benzene rings is 2. The normalized spacial score (nSPS) is 16.7. The fourth-order valence-electron chi connectivity index (χ4n) is 3.78. The van der Waals surface area contributed by atoms with Crippen LogP contribution in [0.1, 0.15) is 18.4 Å². The molecule has 0 atom stereocenters. The van der Waals surface area contributed by atoms with Crippen LogP contribution < -0.4 is 10.2 Å². The summed E-state index contributed by atoms with van der Waals surface area (Å²) in [6.07, 6.45) is -11.8. The molecule has 1 aliphatic heterocycles. The monoisotopic (exact) mass is 577 g/mol. The lowest BCUT2D eigenvalue weighted by molar-refractivity contribution is -0.290. The minimum atomic E-state index is -6.03. The van der Waals surface area contributed by atoms with Crippen LogP contribution in [0, 0.1) is 0 Å². The third-order valence-electron chi connectivity index (χ3n) is 5.94. The van der Waals surface area contributed by atoms with Crippen molar-refractivity contribution in [1.29, 1.82) is 0 Å². The van der Waals surface area contributed by atoms with E-state index in [4.69, 9.17) is 9.94 Å². The van der Waals surface area contributed by atoms with Gasteiger partial charge in [0, 0.05) is 13.2 Å². The van der Waals surface area contributed by atoms with Crippen molar-refractivity contribution < 1.29 is 63.0 Å². The first-order valence-electron chi connectivity index (χ1n) is 10.6.